The van der Waals surface area contributed by atoms with E-state index in [1.165, 1.54) is 0 Å². The Morgan fingerprint density at radius 1 is 1.31 bits per heavy atom. The van der Waals surface area contributed by atoms with E-state index in [9.17, 15) is 0 Å². The minimum absolute atomic E-state index is 1.03. The highest BCUT2D eigenvalue weighted by atomic mass is 32.1. The molecule has 0 aliphatic rings. The summed E-state index contributed by atoms with van der Waals surface area (Å²) in [7, 11) is 1.92. The highest BCUT2D eigenvalue weighted by Gasteiger charge is 2.08. The molecule has 1 aromatic carbocycles. The lowest BCUT2D eigenvalue weighted by Crippen LogP contribution is -2.31. The van der Waals surface area contributed by atoms with Gasteiger partial charge in [0.1, 0.15) is 18.2 Å². The first kappa shape index (κ1) is 8.19. The van der Waals surface area contributed by atoms with Crippen molar-refractivity contribution in [2.75, 3.05) is 5.32 Å². The van der Waals surface area contributed by atoms with Gasteiger partial charge >= 0.3 is 5.13 Å². The van der Waals surface area contributed by atoms with E-state index < -0.39 is 0 Å². The van der Waals surface area contributed by atoms with Crippen LogP contribution in [0.4, 0.5) is 10.8 Å². The van der Waals surface area contributed by atoms with Crippen LogP contribution in [0, 0.1) is 0 Å². The first-order valence-corrected chi connectivity index (χ1v) is 4.86. The molecular formula is C9H10N3S+. The fourth-order valence-electron chi connectivity index (χ4n) is 1.03. The average molecular weight is 192 g/mol. The first-order valence-electron chi connectivity index (χ1n) is 3.98. The lowest BCUT2D eigenvalue weighted by atomic mass is 10.3. The predicted octanol–water partition coefficient (Wildman–Crippen LogP) is 1.71. The third-order valence-corrected chi connectivity index (χ3v) is 2.49. The molecule has 0 saturated carbocycles. The highest BCUT2D eigenvalue weighted by Crippen LogP contribution is 2.14. The summed E-state index contributed by atoms with van der Waals surface area (Å²) in [5, 5.41) is 8.39. The van der Waals surface area contributed by atoms with Crippen molar-refractivity contribution in [3.05, 3.63) is 35.8 Å². The van der Waals surface area contributed by atoms with Gasteiger partial charge in [0.05, 0.1) is 0 Å². The van der Waals surface area contributed by atoms with Gasteiger partial charge in [0.15, 0.2) is 0 Å². The topological polar surface area (TPSA) is 28.8 Å². The molecule has 0 bridgehead atoms. The van der Waals surface area contributed by atoms with Crippen molar-refractivity contribution in [2.24, 2.45) is 7.05 Å². The number of rotatable bonds is 2. The molecule has 0 spiro atoms. The van der Waals surface area contributed by atoms with Crippen LogP contribution in [-0.4, -0.2) is 5.10 Å². The number of aromatic nitrogens is 2. The summed E-state index contributed by atoms with van der Waals surface area (Å²) in [5.74, 6) is 0. The van der Waals surface area contributed by atoms with Gasteiger partial charge in [0.2, 0.25) is 0 Å². The van der Waals surface area contributed by atoms with Gasteiger partial charge in [-0.1, -0.05) is 23.3 Å². The number of aryl methyl sites for hydroxylation is 1. The summed E-state index contributed by atoms with van der Waals surface area (Å²) < 4.78 is 1.82. The van der Waals surface area contributed by atoms with Crippen molar-refractivity contribution >= 4 is 22.2 Å². The summed E-state index contributed by atoms with van der Waals surface area (Å²) in [6.07, 6.45) is 0. The molecule has 66 valence electrons. The third-order valence-electron chi connectivity index (χ3n) is 1.70. The van der Waals surface area contributed by atoms with Crippen LogP contribution in [-0.2, 0) is 7.05 Å². The zero-order valence-electron chi connectivity index (χ0n) is 7.27. The second kappa shape index (κ2) is 3.53. The summed E-state index contributed by atoms with van der Waals surface area (Å²) in [6, 6.07) is 10.1. The molecule has 2 aromatic rings. The van der Waals surface area contributed by atoms with E-state index in [0.29, 0.717) is 0 Å². The van der Waals surface area contributed by atoms with Crippen molar-refractivity contribution in [1.29, 1.82) is 0 Å². The quantitative estimate of drug-likeness (QED) is 0.734. The van der Waals surface area contributed by atoms with Crippen molar-refractivity contribution in [2.45, 2.75) is 0 Å². The van der Waals surface area contributed by atoms with Crippen molar-refractivity contribution in [1.82, 2.24) is 5.10 Å². The summed E-state index contributed by atoms with van der Waals surface area (Å²) in [6.45, 7) is 0. The number of para-hydroxylation sites is 1. The van der Waals surface area contributed by atoms with Gasteiger partial charge in [-0.2, -0.15) is 0 Å². The molecule has 0 amide bonds. The van der Waals surface area contributed by atoms with E-state index in [2.05, 4.69) is 10.4 Å². The summed E-state index contributed by atoms with van der Waals surface area (Å²) in [5.41, 5.74) is 2.90. The fourth-order valence-corrected chi connectivity index (χ4v) is 1.69. The van der Waals surface area contributed by atoms with Crippen LogP contribution < -0.4 is 10.00 Å². The maximum absolute atomic E-state index is 4.09. The fraction of sp³-hybridized carbons (Fsp3) is 0.111. The number of hydrogen-bond acceptors (Lipinski definition) is 3. The Hall–Kier alpha value is -1.42. The highest BCUT2D eigenvalue weighted by molar-refractivity contribution is 7.12. The molecule has 0 atom stereocenters. The molecule has 3 nitrogen and oxygen atoms in total. The number of benzene rings is 1. The van der Waals surface area contributed by atoms with Gasteiger partial charge in [-0.05, 0) is 23.5 Å². The largest absolute Gasteiger partial charge is 0.360 e. The van der Waals surface area contributed by atoms with Gasteiger partial charge in [-0.3, -0.25) is 0 Å². The zero-order valence-corrected chi connectivity index (χ0v) is 8.08. The minimum Gasteiger partial charge on any atom is -0.230 e. The SMILES string of the molecule is C[n+]1ncsc1Nc1ccccc1. The molecule has 1 aromatic heterocycles. The summed E-state index contributed by atoms with van der Waals surface area (Å²) in [4.78, 5) is 0. The number of hydrogen-bond donors (Lipinski definition) is 1. The Labute approximate surface area is 80.7 Å². The standard InChI is InChI=1S/C9H9N3S/c1-12-9(13-7-10-12)11-8-5-3-2-4-6-8/h2-7H,1H3/p+1. The van der Waals surface area contributed by atoms with Gasteiger partial charge in [0, 0.05) is 0 Å². The van der Waals surface area contributed by atoms with Crippen LogP contribution in [0.1, 0.15) is 0 Å². The molecule has 0 radical (unpaired) electrons. The molecule has 1 N–H and O–H groups in total. The van der Waals surface area contributed by atoms with E-state index in [4.69, 9.17) is 0 Å². The zero-order chi connectivity index (χ0) is 9.10. The lowest BCUT2D eigenvalue weighted by molar-refractivity contribution is -0.712. The molecule has 0 saturated heterocycles. The first-order chi connectivity index (χ1) is 6.36. The van der Waals surface area contributed by atoms with Crippen LogP contribution in [0.3, 0.4) is 0 Å². The number of nitrogens with one attached hydrogen (secondary N) is 1. The van der Waals surface area contributed by atoms with Crippen LogP contribution in [0.25, 0.3) is 0 Å². The maximum Gasteiger partial charge on any atom is 0.360 e. The Morgan fingerprint density at radius 2 is 2.08 bits per heavy atom. The molecule has 0 unspecified atom stereocenters. The molecule has 0 fully saturated rings. The second-order valence-electron chi connectivity index (χ2n) is 2.66. The van der Waals surface area contributed by atoms with Crippen molar-refractivity contribution in [3.63, 3.8) is 0 Å². The molecular weight excluding hydrogens is 182 g/mol. The average Bonchev–Trinajstić information content (AvgIpc) is 2.54. The normalized spacial score (nSPS) is 9.92. The third kappa shape index (κ3) is 1.84. The van der Waals surface area contributed by atoms with Gasteiger partial charge in [0.25, 0.3) is 0 Å². The van der Waals surface area contributed by atoms with Gasteiger partial charge in [-0.15, -0.1) is 4.68 Å². The molecule has 0 aliphatic heterocycles. The van der Waals surface area contributed by atoms with E-state index in [-0.39, 0.29) is 0 Å². The number of nitrogens with zero attached hydrogens (tertiary/aromatic N) is 2. The Morgan fingerprint density at radius 3 is 2.69 bits per heavy atom. The van der Waals surface area contributed by atoms with E-state index in [1.807, 2.05) is 47.6 Å². The Kier molecular flexibility index (Phi) is 2.23. The smallest absolute Gasteiger partial charge is 0.230 e. The Balaban J connectivity index is 2.20. The van der Waals surface area contributed by atoms with Crippen LogP contribution in [0.15, 0.2) is 35.8 Å². The predicted molar refractivity (Wildman–Crippen MR) is 53.0 cm³/mol. The maximum atomic E-state index is 4.09. The molecule has 2 rings (SSSR count). The Bertz CT molecular complexity index is 383. The van der Waals surface area contributed by atoms with Gasteiger partial charge < -0.3 is 0 Å². The van der Waals surface area contributed by atoms with Crippen molar-refractivity contribution < 1.29 is 4.68 Å². The van der Waals surface area contributed by atoms with E-state index in [1.54, 1.807) is 11.3 Å². The lowest BCUT2D eigenvalue weighted by Gasteiger charge is -1.94. The van der Waals surface area contributed by atoms with Crippen molar-refractivity contribution in [3.8, 4) is 0 Å². The molecule has 13 heavy (non-hydrogen) atoms. The van der Waals surface area contributed by atoms with Crippen LogP contribution >= 0.6 is 11.3 Å². The summed E-state index contributed by atoms with van der Waals surface area (Å²) >= 11 is 1.59. The van der Waals surface area contributed by atoms with E-state index in [0.717, 1.165) is 10.8 Å². The monoisotopic (exact) mass is 192 g/mol. The van der Waals surface area contributed by atoms with Crippen LogP contribution in [0.5, 0.6) is 0 Å². The molecule has 4 heteroatoms. The minimum atomic E-state index is 1.03. The molecule has 0 aliphatic carbocycles. The second-order valence-corrected chi connectivity index (χ2v) is 3.49. The number of anilines is 2. The molecule has 1 heterocycles. The van der Waals surface area contributed by atoms with Gasteiger partial charge in [-0.25, -0.2) is 5.32 Å². The van der Waals surface area contributed by atoms with Crippen LogP contribution in [0.2, 0.25) is 0 Å². The van der Waals surface area contributed by atoms with E-state index >= 15 is 0 Å².